The van der Waals surface area contributed by atoms with Gasteiger partial charge in [-0.3, -0.25) is 0 Å². The molecule has 0 saturated heterocycles. The van der Waals surface area contributed by atoms with E-state index < -0.39 is 0 Å². The van der Waals surface area contributed by atoms with E-state index in [1.54, 1.807) is 19.2 Å². The molecule has 2 aromatic carbocycles. The van der Waals surface area contributed by atoms with Gasteiger partial charge in [0.15, 0.2) is 0 Å². The molecule has 1 heterocycles. The van der Waals surface area contributed by atoms with Crippen LogP contribution in [0.25, 0.3) is 0 Å². The van der Waals surface area contributed by atoms with Gasteiger partial charge in [-0.15, -0.1) is 0 Å². The number of anilines is 2. The van der Waals surface area contributed by atoms with Crippen molar-refractivity contribution in [2.24, 2.45) is 0 Å². The number of hydrogen-bond donors (Lipinski definition) is 2. The molecule has 0 aliphatic carbocycles. The topological polar surface area (TPSA) is 68.3 Å². The Morgan fingerprint density at radius 2 is 1.64 bits per heavy atom. The maximum Gasteiger partial charge on any atom is 0.225 e. The second-order valence-corrected chi connectivity index (χ2v) is 6.15. The summed E-state index contributed by atoms with van der Waals surface area (Å²) in [5.74, 6) is 2.56. The number of aromatic nitrogens is 2. The zero-order valence-electron chi connectivity index (χ0n) is 15.9. The molecular formula is C21H23FN4O2. The van der Waals surface area contributed by atoms with Crippen LogP contribution in [0, 0.1) is 12.7 Å². The number of hydrogen-bond acceptors (Lipinski definition) is 6. The van der Waals surface area contributed by atoms with E-state index in [1.807, 2.05) is 37.3 Å². The zero-order chi connectivity index (χ0) is 19.8. The molecule has 0 spiro atoms. The van der Waals surface area contributed by atoms with Gasteiger partial charge in [-0.25, -0.2) is 9.37 Å². The molecule has 0 unspecified atom stereocenters. The van der Waals surface area contributed by atoms with Crippen molar-refractivity contribution in [3.05, 3.63) is 71.7 Å². The lowest BCUT2D eigenvalue weighted by atomic mass is 10.2. The number of halogens is 1. The predicted octanol–water partition coefficient (Wildman–Crippen LogP) is 4.04. The number of methoxy groups -OCH3 is 1. The normalized spacial score (nSPS) is 10.4. The van der Waals surface area contributed by atoms with Crippen molar-refractivity contribution in [1.29, 1.82) is 0 Å². The predicted molar refractivity (Wildman–Crippen MR) is 107 cm³/mol. The third-order valence-corrected chi connectivity index (χ3v) is 3.95. The van der Waals surface area contributed by atoms with E-state index in [0.29, 0.717) is 31.5 Å². The first-order valence-corrected chi connectivity index (χ1v) is 8.97. The van der Waals surface area contributed by atoms with Crippen LogP contribution in [0.5, 0.6) is 11.5 Å². The van der Waals surface area contributed by atoms with Crippen molar-refractivity contribution in [3.8, 4) is 11.5 Å². The second kappa shape index (κ2) is 9.55. The molecule has 3 rings (SSSR count). The molecule has 0 saturated carbocycles. The van der Waals surface area contributed by atoms with Gasteiger partial charge in [0, 0.05) is 18.3 Å². The molecule has 146 valence electrons. The van der Waals surface area contributed by atoms with Crippen LogP contribution in [-0.2, 0) is 6.54 Å². The molecule has 6 nitrogen and oxygen atoms in total. The first-order valence-electron chi connectivity index (χ1n) is 8.97. The minimum Gasteiger partial charge on any atom is -0.497 e. The van der Waals surface area contributed by atoms with E-state index in [0.717, 1.165) is 22.8 Å². The van der Waals surface area contributed by atoms with E-state index in [-0.39, 0.29) is 5.82 Å². The zero-order valence-corrected chi connectivity index (χ0v) is 15.9. The van der Waals surface area contributed by atoms with Gasteiger partial charge in [-0.05, 0) is 48.9 Å². The Bertz CT molecular complexity index is 886. The quantitative estimate of drug-likeness (QED) is 0.545. The third-order valence-electron chi connectivity index (χ3n) is 3.95. The molecule has 0 atom stereocenters. The van der Waals surface area contributed by atoms with Gasteiger partial charge in [-0.2, -0.15) is 4.98 Å². The number of rotatable bonds is 9. The third kappa shape index (κ3) is 5.84. The minimum absolute atomic E-state index is 0.251. The van der Waals surface area contributed by atoms with Crippen LogP contribution in [0.4, 0.5) is 16.2 Å². The smallest absolute Gasteiger partial charge is 0.225 e. The Morgan fingerprint density at radius 3 is 2.36 bits per heavy atom. The van der Waals surface area contributed by atoms with Gasteiger partial charge in [-0.1, -0.05) is 12.1 Å². The molecule has 0 aliphatic rings. The Morgan fingerprint density at radius 1 is 0.929 bits per heavy atom. The lowest BCUT2D eigenvalue weighted by molar-refractivity contribution is 0.331. The second-order valence-electron chi connectivity index (χ2n) is 6.15. The summed E-state index contributed by atoms with van der Waals surface area (Å²) >= 11 is 0. The number of nitrogens with zero attached hydrogens (tertiary/aromatic N) is 2. The highest BCUT2D eigenvalue weighted by Crippen LogP contribution is 2.17. The van der Waals surface area contributed by atoms with Gasteiger partial charge in [0.2, 0.25) is 5.95 Å². The maximum atomic E-state index is 13.0. The van der Waals surface area contributed by atoms with Crippen molar-refractivity contribution in [2.75, 3.05) is 30.9 Å². The lowest BCUT2D eigenvalue weighted by Crippen LogP contribution is -2.14. The summed E-state index contributed by atoms with van der Waals surface area (Å²) in [7, 11) is 1.63. The van der Waals surface area contributed by atoms with Gasteiger partial charge in [0.05, 0.1) is 13.7 Å². The van der Waals surface area contributed by atoms with E-state index in [1.165, 1.54) is 12.1 Å². The fourth-order valence-electron chi connectivity index (χ4n) is 2.54. The van der Waals surface area contributed by atoms with Crippen molar-refractivity contribution < 1.29 is 13.9 Å². The van der Waals surface area contributed by atoms with Crippen LogP contribution in [0.1, 0.15) is 11.3 Å². The van der Waals surface area contributed by atoms with E-state index in [9.17, 15) is 4.39 Å². The fraction of sp³-hybridized carbons (Fsp3) is 0.238. The van der Waals surface area contributed by atoms with Crippen LogP contribution >= 0.6 is 0 Å². The minimum atomic E-state index is -0.251. The van der Waals surface area contributed by atoms with Gasteiger partial charge in [0.1, 0.15) is 29.7 Å². The maximum absolute atomic E-state index is 13.0. The standard InChI is InChI=1S/C21H23FN4O2/c1-15-13-20(23-11-12-28-19-9-7-18(27-2)8-10-19)26-21(25-15)24-14-16-3-5-17(22)6-4-16/h3-10,13H,11-12,14H2,1-2H3,(H2,23,24,25,26). The summed E-state index contributed by atoms with van der Waals surface area (Å²) < 4.78 is 23.8. The molecule has 0 aliphatic heterocycles. The summed E-state index contributed by atoms with van der Waals surface area (Å²) in [6, 6.07) is 15.6. The largest absolute Gasteiger partial charge is 0.497 e. The Labute approximate surface area is 163 Å². The molecule has 0 radical (unpaired) electrons. The number of ether oxygens (including phenoxy) is 2. The molecule has 7 heteroatoms. The van der Waals surface area contributed by atoms with Crippen molar-refractivity contribution in [3.63, 3.8) is 0 Å². The number of benzene rings is 2. The molecule has 28 heavy (non-hydrogen) atoms. The summed E-state index contributed by atoms with van der Waals surface area (Å²) in [5, 5.41) is 6.39. The van der Waals surface area contributed by atoms with Crippen LogP contribution < -0.4 is 20.1 Å². The van der Waals surface area contributed by atoms with Gasteiger partial charge >= 0.3 is 0 Å². The summed E-state index contributed by atoms with van der Waals surface area (Å²) in [4.78, 5) is 8.83. The Balaban J connectivity index is 1.48. The summed E-state index contributed by atoms with van der Waals surface area (Å²) in [5.41, 5.74) is 1.80. The van der Waals surface area contributed by atoms with Crippen LogP contribution in [0.2, 0.25) is 0 Å². The van der Waals surface area contributed by atoms with Crippen molar-refractivity contribution in [1.82, 2.24) is 9.97 Å². The molecular weight excluding hydrogens is 359 g/mol. The van der Waals surface area contributed by atoms with Crippen LogP contribution in [0.15, 0.2) is 54.6 Å². The molecule has 0 fully saturated rings. The van der Waals surface area contributed by atoms with E-state index in [2.05, 4.69) is 20.6 Å². The Hall–Kier alpha value is -3.35. The SMILES string of the molecule is COc1ccc(OCCNc2cc(C)nc(NCc3ccc(F)cc3)n2)cc1. The molecule has 0 bridgehead atoms. The van der Waals surface area contributed by atoms with Crippen LogP contribution in [-0.4, -0.2) is 30.2 Å². The average molecular weight is 382 g/mol. The monoisotopic (exact) mass is 382 g/mol. The van der Waals surface area contributed by atoms with Crippen molar-refractivity contribution in [2.45, 2.75) is 13.5 Å². The average Bonchev–Trinajstić information content (AvgIpc) is 2.71. The first kappa shape index (κ1) is 19.4. The summed E-state index contributed by atoms with van der Waals surface area (Å²) in [6.45, 7) is 3.52. The van der Waals surface area contributed by atoms with Gasteiger partial charge in [0.25, 0.3) is 0 Å². The van der Waals surface area contributed by atoms with E-state index in [4.69, 9.17) is 9.47 Å². The molecule has 2 N–H and O–H groups in total. The highest BCUT2D eigenvalue weighted by Gasteiger charge is 2.03. The van der Waals surface area contributed by atoms with E-state index >= 15 is 0 Å². The Kier molecular flexibility index (Phi) is 6.62. The molecule has 1 aromatic heterocycles. The molecule has 0 amide bonds. The highest BCUT2D eigenvalue weighted by molar-refractivity contribution is 5.42. The number of nitrogens with one attached hydrogen (secondary N) is 2. The first-order chi connectivity index (χ1) is 13.6. The van der Waals surface area contributed by atoms with Crippen LogP contribution in [0.3, 0.4) is 0 Å². The summed E-state index contributed by atoms with van der Waals surface area (Å²) in [6.07, 6.45) is 0. The molecule has 3 aromatic rings. The fourth-order valence-corrected chi connectivity index (χ4v) is 2.54. The van der Waals surface area contributed by atoms with Crippen molar-refractivity contribution >= 4 is 11.8 Å². The van der Waals surface area contributed by atoms with Gasteiger partial charge < -0.3 is 20.1 Å². The highest BCUT2D eigenvalue weighted by atomic mass is 19.1. The number of aryl methyl sites for hydroxylation is 1. The lowest BCUT2D eigenvalue weighted by Gasteiger charge is -2.11.